The van der Waals surface area contributed by atoms with Crippen molar-refractivity contribution in [3.8, 4) is 0 Å². The Kier molecular flexibility index (Phi) is 6.14. The normalized spacial score (nSPS) is 13.7. The topological polar surface area (TPSA) is 78.5 Å². The number of rotatable bonds is 6. The highest BCUT2D eigenvalue weighted by Crippen LogP contribution is 2.10. The average molecular weight is 317 g/mol. The van der Waals surface area contributed by atoms with E-state index in [1.165, 1.54) is 6.92 Å². The van der Waals surface area contributed by atoms with Crippen molar-refractivity contribution in [2.45, 2.75) is 32.6 Å². The molecule has 0 radical (unpaired) electrons. The minimum Gasteiger partial charge on any atom is -0.355 e. The van der Waals surface area contributed by atoms with Gasteiger partial charge in [0.25, 0.3) is 0 Å². The lowest BCUT2D eigenvalue weighted by Crippen LogP contribution is -2.33. The van der Waals surface area contributed by atoms with Crippen molar-refractivity contribution in [2.75, 3.05) is 25.0 Å². The van der Waals surface area contributed by atoms with Gasteiger partial charge in [-0.15, -0.1) is 0 Å². The first-order chi connectivity index (χ1) is 11.0. The molecule has 3 amide bonds. The van der Waals surface area contributed by atoms with E-state index < -0.39 is 0 Å². The number of nitrogens with zero attached hydrogens (tertiary/aromatic N) is 1. The molecule has 0 aromatic heterocycles. The van der Waals surface area contributed by atoms with Crippen LogP contribution in [0.5, 0.6) is 0 Å². The lowest BCUT2D eigenvalue weighted by Gasteiger charge is -2.15. The molecule has 0 spiro atoms. The van der Waals surface area contributed by atoms with Crippen LogP contribution < -0.4 is 10.6 Å². The van der Waals surface area contributed by atoms with Crippen molar-refractivity contribution in [1.82, 2.24) is 10.2 Å². The number of carbonyl (C=O) groups is 3. The van der Waals surface area contributed by atoms with Crippen molar-refractivity contribution in [1.29, 1.82) is 0 Å². The van der Waals surface area contributed by atoms with Gasteiger partial charge in [-0.05, 0) is 30.5 Å². The van der Waals surface area contributed by atoms with Gasteiger partial charge in [-0.1, -0.05) is 12.1 Å². The average Bonchev–Trinajstić information content (AvgIpc) is 3.03. The molecule has 2 N–H and O–H groups in total. The predicted molar refractivity (Wildman–Crippen MR) is 87.9 cm³/mol. The largest absolute Gasteiger partial charge is 0.355 e. The zero-order valence-electron chi connectivity index (χ0n) is 13.4. The van der Waals surface area contributed by atoms with Gasteiger partial charge in [0.05, 0.1) is 6.42 Å². The number of amides is 3. The van der Waals surface area contributed by atoms with E-state index in [0.29, 0.717) is 18.7 Å². The van der Waals surface area contributed by atoms with Gasteiger partial charge in [0.15, 0.2) is 0 Å². The third-order valence-electron chi connectivity index (χ3n) is 3.76. The summed E-state index contributed by atoms with van der Waals surface area (Å²) in [7, 11) is 0. The Balaban J connectivity index is 1.69. The molecule has 6 nitrogen and oxygen atoms in total. The highest BCUT2D eigenvalue weighted by atomic mass is 16.2. The highest BCUT2D eigenvalue weighted by Gasteiger charge is 2.17. The summed E-state index contributed by atoms with van der Waals surface area (Å²) in [5, 5.41) is 5.45. The van der Waals surface area contributed by atoms with Crippen molar-refractivity contribution in [2.24, 2.45) is 0 Å². The Bertz CT molecular complexity index is 563. The number of hydrogen-bond donors (Lipinski definition) is 2. The number of likely N-dealkylation sites (tertiary alicyclic amines) is 1. The maximum atomic E-state index is 11.9. The van der Waals surface area contributed by atoms with E-state index >= 15 is 0 Å². The molecular formula is C17H23N3O3. The second kappa shape index (κ2) is 8.31. The van der Waals surface area contributed by atoms with Crippen LogP contribution in [-0.2, 0) is 20.8 Å². The summed E-state index contributed by atoms with van der Waals surface area (Å²) in [6.45, 7) is 3.50. The van der Waals surface area contributed by atoms with Gasteiger partial charge < -0.3 is 15.5 Å². The molecule has 1 heterocycles. The SMILES string of the molecule is CC(=O)Nc1ccc(CC(=O)NCCC(=O)N2CCCC2)cc1. The fourth-order valence-corrected chi connectivity index (χ4v) is 2.59. The lowest BCUT2D eigenvalue weighted by molar-refractivity contribution is -0.130. The zero-order valence-corrected chi connectivity index (χ0v) is 13.4. The molecular weight excluding hydrogens is 294 g/mol. The Morgan fingerprint density at radius 3 is 2.35 bits per heavy atom. The van der Waals surface area contributed by atoms with Gasteiger partial charge in [0.2, 0.25) is 17.7 Å². The minimum atomic E-state index is -0.127. The van der Waals surface area contributed by atoms with E-state index in [-0.39, 0.29) is 24.1 Å². The summed E-state index contributed by atoms with van der Waals surface area (Å²) in [5.74, 6) is -0.118. The van der Waals surface area contributed by atoms with Gasteiger partial charge in [-0.25, -0.2) is 0 Å². The Labute approximate surface area is 136 Å². The van der Waals surface area contributed by atoms with Gasteiger partial charge in [0.1, 0.15) is 0 Å². The molecule has 1 aliphatic heterocycles. The van der Waals surface area contributed by atoms with Crippen LogP contribution in [-0.4, -0.2) is 42.3 Å². The lowest BCUT2D eigenvalue weighted by atomic mass is 10.1. The first kappa shape index (κ1) is 17.0. The van der Waals surface area contributed by atoms with Crippen molar-refractivity contribution in [3.63, 3.8) is 0 Å². The fraction of sp³-hybridized carbons (Fsp3) is 0.471. The smallest absolute Gasteiger partial charge is 0.224 e. The molecule has 2 rings (SSSR count). The molecule has 0 aliphatic carbocycles. The Morgan fingerprint density at radius 2 is 1.74 bits per heavy atom. The summed E-state index contributed by atoms with van der Waals surface area (Å²) in [5.41, 5.74) is 1.57. The zero-order chi connectivity index (χ0) is 16.7. The summed E-state index contributed by atoms with van der Waals surface area (Å²) in [4.78, 5) is 36.5. The van der Waals surface area contributed by atoms with E-state index in [1.807, 2.05) is 4.90 Å². The first-order valence-electron chi connectivity index (χ1n) is 7.95. The van der Waals surface area contributed by atoms with E-state index in [0.717, 1.165) is 31.5 Å². The van der Waals surface area contributed by atoms with Crippen LogP contribution in [0.4, 0.5) is 5.69 Å². The molecule has 124 valence electrons. The molecule has 0 unspecified atom stereocenters. The molecule has 1 saturated heterocycles. The molecule has 1 aromatic carbocycles. The minimum absolute atomic E-state index is 0.105. The molecule has 0 saturated carbocycles. The quantitative estimate of drug-likeness (QED) is 0.830. The van der Waals surface area contributed by atoms with Crippen LogP contribution in [0.1, 0.15) is 31.7 Å². The number of benzene rings is 1. The number of carbonyl (C=O) groups excluding carboxylic acids is 3. The molecule has 6 heteroatoms. The van der Waals surface area contributed by atoms with E-state index in [1.54, 1.807) is 24.3 Å². The standard InChI is InChI=1S/C17H23N3O3/c1-13(21)19-15-6-4-14(5-7-15)12-16(22)18-9-8-17(23)20-10-2-3-11-20/h4-7H,2-3,8-12H2,1H3,(H,18,22)(H,19,21). The monoisotopic (exact) mass is 317 g/mol. The Morgan fingerprint density at radius 1 is 1.09 bits per heavy atom. The fourth-order valence-electron chi connectivity index (χ4n) is 2.59. The highest BCUT2D eigenvalue weighted by molar-refractivity contribution is 5.88. The second-order valence-corrected chi connectivity index (χ2v) is 5.74. The predicted octanol–water partition coefficient (Wildman–Crippen LogP) is 1.32. The summed E-state index contributed by atoms with van der Waals surface area (Å²) in [6.07, 6.45) is 2.77. The van der Waals surface area contributed by atoms with Crippen LogP contribution in [0.25, 0.3) is 0 Å². The van der Waals surface area contributed by atoms with E-state index in [9.17, 15) is 14.4 Å². The summed E-state index contributed by atoms with van der Waals surface area (Å²) >= 11 is 0. The number of nitrogens with one attached hydrogen (secondary N) is 2. The van der Waals surface area contributed by atoms with Gasteiger partial charge >= 0.3 is 0 Å². The molecule has 23 heavy (non-hydrogen) atoms. The Hall–Kier alpha value is -2.37. The molecule has 0 atom stereocenters. The molecule has 1 aliphatic rings. The summed E-state index contributed by atoms with van der Waals surface area (Å²) in [6, 6.07) is 7.14. The van der Waals surface area contributed by atoms with Gasteiger partial charge in [-0.2, -0.15) is 0 Å². The number of hydrogen-bond acceptors (Lipinski definition) is 3. The first-order valence-corrected chi connectivity index (χ1v) is 7.95. The van der Waals surface area contributed by atoms with Crippen LogP contribution in [0.15, 0.2) is 24.3 Å². The molecule has 0 bridgehead atoms. The van der Waals surface area contributed by atoms with Crippen molar-refractivity contribution in [3.05, 3.63) is 29.8 Å². The third kappa shape index (κ3) is 5.73. The van der Waals surface area contributed by atoms with Crippen LogP contribution >= 0.6 is 0 Å². The number of anilines is 1. The van der Waals surface area contributed by atoms with E-state index in [4.69, 9.17) is 0 Å². The molecule has 1 aromatic rings. The van der Waals surface area contributed by atoms with Crippen LogP contribution in [0.3, 0.4) is 0 Å². The van der Waals surface area contributed by atoms with Gasteiger partial charge in [-0.3, -0.25) is 14.4 Å². The summed E-state index contributed by atoms with van der Waals surface area (Å²) < 4.78 is 0. The maximum Gasteiger partial charge on any atom is 0.224 e. The molecule has 1 fully saturated rings. The second-order valence-electron chi connectivity index (χ2n) is 5.74. The van der Waals surface area contributed by atoms with Gasteiger partial charge in [0, 0.05) is 38.7 Å². The van der Waals surface area contributed by atoms with Crippen LogP contribution in [0.2, 0.25) is 0 Å². The maximum absolute atomic E-state index is 11.9. The van der Waals surface area contributed by atoms with Crippen molar-refractivity contribution >= 4 is 23.4 Å². The third-order valence-corrected chi connectivity index (χ3v) is 3.76. The van der Waals surface area contributed by atoms with E-state index in [2.05, 4.69) is 10.6 Å². The van der Waals surface area contributed by atoms with Crippen LogP contribution in [0, 0.1) is 0 Å². The van der Waals surface area contributed by atoms with Crippen molar-refractivity contribution < 1.29 is 14.4 Å².